The van der Waals surface area contributed by atoms with Crippen LogP contribution in [0, 0.1) is 6.92 Å². The van der Waals surface area contributed by atoms with Crippen LogP contribution < -0.4 is 10.3 Å². The van der Waals surface area contributed by atoms with Crippen LogP contribution >= 0.6 is 0 Å². The Morgan fingerprint density at radius 3 is 2.73 bits per heavy atom. The van der Waals surface area contributed by atoms with Gasteiger partial charge in [0.15, 0.2) is 0 Å². The molecule has 2 aromatic heterocycles. The molecule has 3 aromatic rings. The maximum absolute atomic E-state index is 13.0. The summed E-state index contributed by atoms with van der Waals surface area (Å²) in [7, 11) is 1.64. The Labute approximate surface area is 152 Å². The molecule has 3 heterocycles. The minimum atomic E-state index is -0.0221. The second kappa shape index (κ2) is 6.61. The lowest BCUT2D eigenvalue weighted by Crippen LogP contribution is -2.25. The first kappa shape index (κ1) is 16.8. The van der Waals surface area contributed by atoms with Crippen molar-refractivity contribution in [2.75, 3.05) is 13.7 Å². The van der Waals surface area contributed by atoms with Gasteiger partial charge in [-0.05, 0) is 38.0 Å². The topological polar surface area (TPSA) is 57.8 Å². The fourth-order valence-corrected chi connectivity index (χ4v) is 3.68. The normalized spacial score (nSPS) is 20.0. The number of ether oxygens (including phenoxy) is 2. The quantitative estimate of drug-likeness (QED) is 0.724. The van der Waals surface area contributed by atoms with Crippen LogP contribution in [0.1, 0.15) is 36.3 Å². The van der Waals surface area contributed by atoms with Crippen LogP contribution in [0.25, 0.3) is 5.52 Å². The SMILES string of the molecule is COc1ccc(Cn2c(C)cn3c(C4CCOC4C)ncc3c2=O)cc1. The minimum absolute atomic E-state index is 0.0221. The molecular weight excluding hydrogens is 330 g/mol. The van der Waals surface area contributed by atoms with Crippen LogP contribution in [0.4, 0.5) is 0 Å². The Hall–Kier alpha value is -2.60. The van der Waals surface area contributed by atoms with E-state index in [-0.39, 0.29) is 17.6 Å². The van der Waals surface area contributed by atoms with Gasteiger partial charge >= 0.3 is 0 Å². The monoisotopic (exact) mass is 353 g/mol. The molecule has 0 aliphatic carbocycles. The zero-order valence-electron chi connectivity index (χ0n) is 15.3. The highest BCUT2D eigenvalue weighted by molar-refractivity contribution is 5.45. The molecule has 6 heteroatoms. The van der Waals surface area contributed by atoms with Crippen molar-refractivity contribution >= 4 is 5.52 Å². The van der Waals surface area contributed by atoms with Gasteiger partial charge in [0.1, 0.15) is 17.1 Å². The molecule has 0 saturated carbocycles. The Morgan fingerprint density at radius 2 is 2.08 bits per heavy atom. The van der Waals surface area contributed by atoms with Gasteiger partial charge in [-0.15, -0.1) is 0 Å². The minimum Gasteiger partial charge on any atom is -0.497 e. The van der Waals surface area contributed by atoms with Crippen molar-refractivity contribution < 1.29 is 9.47 Å². The summed E-state index contributed by atoms with van der Waals surface area (Å²) < 4.78 is 14.6. The maximum atomic E-state index is 13.0. The zero-order valence-corrected chi connectivity index (χ0v) is 15.3. The average Bonchev–Trinajstić information content (AvgIpc) is 3.25. The molecule has 6 nitrogen and oxygen atoms in total. The summed E-state index contributed by atoms with van der Waals surface area (Å²) >= 11 is 0. The van der Waals surface area contributed by atoms with E-state index >= 15 is 0 Å². The van der Waals surface area contributed by atoms with Crippen LogP contribution in [0.15, 0.2) is 41.5 Å². The molecule has 0 N–H and O–H groups in total. The molecule has 0 bridgehead atoms. The third kappa shape index (κ3) is 2.80. The Morgan fingerprint density at radius 1 is 1.31 bits per heavy atom. The van der Waals surface area contributed by atoms with Gasteiger partial charge in [0.05, 0.1) is 26.0 Å². The lowest BCUT2D eigenvalue weighted by atomic mass is 10.0. The zero-order chi connectivity index (χ0) is 18.3. The number of fused-ring (bicyclic) bond motifs is 1. The number of aromatic nitrogens is 3. The van der Waals surface area contributed by atoms with E-state index in [1.54, 1.807) is 17.9 Å². The van der Waals surface area contributed by atoms with Crippen molar-refractivity contribution in [1.82, 2.24) is 14.0 Å². The van der Waals surface area contributed by atoms with Gasteiger partial charge in [0.2, 0.25) is 0 Å². The lowest BCUT2D eigenvalue weighted by Gasteiger charge is -2.15. The first-order chi connectivity index (χ1) is 12.6. The molecule has 0 radical (unpaired) electrons. The van der Waals surface area contributed by atoms with E-state index in [0.29, 0.717) is 12.1 Å². The van der Waals surface area contributed by atoms with Crippen molar-refractivity contribution in [3.63, 3.8) is 0 Å². The number of nitrogens with zero attached hydrogens (tertiary/aromatic N) is 3. The second-order valence-corrected chi connectivity index (χ2v) is 6.85. The lowest BCUT2D eigenvalue weighted by molar-refractivity contribution is 0.117. The van der Waals surface area contributed by atoms with Crippen LogP contribution in [0.2, 0.25) is 0 Å². The molecule has 1 aromatic carbocycles. The van der Waals surface area contributed by atoms with E-state index in [1.807, 2.05) is 41.8 Å². The largest absolute Gasteiger partial charge is 0.497 e. The smallest absolute Gasteiger partial charge is 0.276 e. The number of methoxy groups -OCH3 is 1. The summed E-state index contributed by atoms with van der Waals surface area (Å²) in [5.41, 5.74) is 2.55. The first-order valence-electron chi connectivity index (χ1n) is 8.90. The number of rotatable bonds is 4. The second-order valence-electron chi connectivity index (χ2n) is 6.85. The number of imidazole rings is 1. The first-order valence-corrected chi connectivity index (χ1v) is 8.90. The molecule has 136 valence electrons. The molecule has 2 atom stereocenters. The number of aryl methyl sites for hydroxylation is 1. The number of hydrogen-bond donors (Lipinski definition) is 0. The van der Waals surface area contributed by atoms with E-state index in [1.165, 1.54) is 0 Å². The molecule has 1 saturated heterocycles. The third-order valence-corrected chi connectivity index (χ3v) is 5.24. The highest BCUT2D eigenvalue weighted by atomic mass is 16.5. The van der Waals surface area contributed by atoms with Gasteiger partial charge < -0.3 is 14.0 Å². The van der Waals surface area contributed by atoms with Gasteiger partial charge in [-0.3, -0.25) is 9.20 Å². The fourth-order valence-electron chi connectivity index (χ4n) is 3.68. The molecule has 2 unspecified atom stereocenters. The Balaban J connectivity index is 1.73. The molecule has 1 fully saturated rings. The summed E-state index contributed by atoms with van der Waals surface area (Å²) in [6.45, 7) is 5.29. The van der Waals surface area contributed by atoms with E-state index in [4.69, 9.17) is 9.47 Å². The molecule has 0 amide bonds. The molecule has 26 heavy (non-hydrogen) atoms. The van der Waals surface area contributed by atoms with Gasteiger partial charge in [0.25, 0.3) is 5.56 Å². The molecular formula is C20H23N3O3. The van der Waals surface area contributed by atoms with Crippen LogP contribution in [-0.4, -0.2) is 33.8 Å². The molecule has 4 rings (SSSR count). The van der Waals surface area contributed by atoms with Gasteiger partial charge in [-0.2, -0.15) is 0 Å². The predicted molar refractivity (Wildman–Crippen MR) is 99.1 cm³/mol. The third-order valence-electron chi connectivity index (χ3n) is 5.24. The maximum Gasteiger partial charge on any atom is 0.276 e. The van der Waals surface area contributed by atoms with Gasteiger partial charge in [-0.25, -0.2) is 4.98 Å². The number of hydrogen-bond acceptors (Lipinski definition) is 4. The van der Waals surface area contributed by atoms with Gasteiger partial charge in [-0.1, -0.05) is 12.1 Å². The highest BCUT2D eigenvalue weighted by Gasteiger charge is 2.29. The standard InChI is InChI=1S/C20H23N3O3/c1-13-11-23-18(10-21-19(23)17-8-9-26-14(17)2)20(24)22(13)12-15-4-6-16(25-3)7-5-15/h4-7,10-11,14,17H,8-9,12H2,1-3H3. The van der Waals surface area contributed by atoms with E-state index in [2.05, 4.69) is 11.9 Å². The van der Waals surface area contributed by atoms with Crippen LogP contribution in [0.5, 0.6) is 5.75 Å². The summed E-state index contributed by atoms with van der Waals surface area (Å²) in [6, 6.07) is 7.78. The highest BCUT2D eigenvalue weighted by Crippen LogP contribution is 2.30. The van der Waals surface area contributed by atoms with Crippen LogP contribution in [0.3, 0.4) is 0 Å². The van der Waals surface area contributed by atoms with E-state index in [9.17, 15) is 4.79 Å². The summed E-state index contributed by atoms with van der Waals surface area (Å²) in [5.74, 6) is 1.96. The summed E-state index contributed by atoms with van der Waals surface area (Å²) in [4.78, 5) is 17.6. The van der Waals surface area contributed by atoms with Gasteiger partial charge in [0, 0.05) is 24.4 Å². The van der Waals surface area contributed by atoms with E-state index in [0.717, 1.165) is 35.9 Å². The average molecular weight is 353 g/mol. The summed E-state index contributed by atoms with van der Waals surface area (Å²) in [6.07, 6.45) is 4.76. The number of benzene rings is 1. The van der Waals surface area contributed by atoms with Crippen molar-refractivity contribution in [3.8, 4) is 5.75 Å². The molecule has 1 aliphatic rings. The summed E-state index contributed by atoms with van der Waals surface area (Å²) in [5, 5.41) is 0. The van der Waals surface area contributed by atoms with E-state index < -0.39 is 0 Å². The Bertz CT molecular complexity index is 988. The van der Waals surface area contributed by atoms with Crippen LogP contribution in [-0.2, 0) is 11.3 Å². The molecule has 1 aliphatic heterocycles. The molecule has 0 spiro atoms. The van der Waals surface area contributed by atoms with Crippen molar-refractivity contribution in [1.29, 1.82) is 0 Å². The Kier molecular flexibility index (Phi) is 4.28. The fraction of sp³-hybridized carbons (Fsp3) is 0.400. The van der Waals surface area contributed by atoms with Crippen molar-refractivity contribution in [2.24, 2.45) is 0 Å². The predicted octanol–water partition coefficient (Wildman–Crippen LogP) is 2.75. The van der Waals surface area contributed by atoms with Crippen molar-refractivity contribution in [2.45, 2.75) is 38.8 Å². The van der Waals surface area contributed by atoms with Crippen molar-refractivity contribution in [3.05, 3.63) is 64.1 Å².